The maximum absolute atomic E-state index is 5.50. The van der Waals surface area contributed by atoms with E-state index >= 15 is 0 Å². The molecule has 0 spiro atoms. The molecular formula is C16H24BrNO. The Kier molecular flexibility index (Phi) is 5.26. The molecular weight excluding hydrogens is 302 g/mol. The molecule has 106 valence electrons. The molecule has 1 aliphatic rings. The summed E-state index contributed by atoms with van der Waals surface area (Å²) in [7, 11) is 1.75. The number of alkyl halides is 1. The van der Waals surface area contributed by atoms with E-state index in [1.165, 1.54) is 43.4 Å². The molecule has 1 heterocycles. The Balaban J connectivity index is 2.14. The van der Waals surface area contributed by atoms with Gasteiger partial charge in [0.25, 0.3) is 0 Å². The van der Waals surface area contributed by atoms with E-state index in [1.807, 2.05) is 6.20 Å². The lowest BCUT2D eigenvalue weighted by molar-refractivity contribution is 0.404. The Bertz CT molecular complexity index is 433. The minimum atomic E-state index is 0.688. The fourth-order valence-electron chi connectivity index (χ4n) is 3.13. The van der Waals surface area contributed by atoms with E-state index in [0.29, 0.717) is 4.83 Å². The summed E-state index contributed by atoms with van der Waals surface area (Å²) >= 11 is 3.81. The second-order valence-electron chi connectivity index (χ2n) is 5.73. The maximum atomic E-state index is 5.50. The molecule has 1 aromatic rings. The number of ether oxygens (including phenoxy) is 1. The van der Waals surface area contributed by atoms with Gasteiger partial charge in [-0.05, 0) is 39.0 Å². The van der Waals surface area contributed by atoms with E-state index in [0.717, 1.165) is 23.7 Å². The van der Waals surface area contributed by atoms with Gasteiger partial charge in [-0.15, -0.1) is 0 Å². The minimum Gasteiger partial charge on any atom is -0.496 e. The van der Waals surface area contributed by atoms with Crippen LogP contribution in [0.5, 0.6) is 5.75 Å². The molecule has 0 radical (unpaired) electrons. The summed E-state index contributed by atoms with van der Waals surface area (Å²) in [5.74, 6) is 1.76. The molecule has 0 N–H and O–H groups in total. The fourth-order valence-corrected chi connectivity index (χ4v) is 3.98. The van der Waals surface area contributed by atoms with Gasteiger partial charge in [-0.2, -0.15) is 0 Å². The molecule has 1 aliphatic carbocycles. The predicted molar refractivity (Wildman–Crippen MR) is 83.3 cm³/mol. The summed E-state index contributed by atoms with van der Waals surface area (Å²) in [5.41, 5.74) is 3.56. The Labute approximate surface area is 125 Å². The van der Waals surface area contributed by atoms with Crippen LogP contribution in [0.25, 0.3) is 0 Å². The molecule has 1 fully saturated rings. The van der Waals surface area contributed by atoms with Crippen LogP contribution >= 0.6 is 15.9 Å². The number of hydrogen-bond donors (Lipinski definition) is 0. The number of pyridine rings is 1. The summed E-state index contributed by atoms with van der Waals surface area (Å²) in [6, 6.07) is 0. The van der Waals surface area contributed by atoms with E-state index in [4.69, 9.17) is 4.74 Å². The van der Waals surface area contributed by atoms with Crippen LogP contribution in [0, 0.1) is 19.8 Å². The standard InChI is InChI=1S/C16H24BrNO/c1-11-10-18-15(12(2)16(11)19-3)9-13-6-4-5-7-14(17)8-13/h10,13-14H,4-9H2,1-3H3. The highest BCUT2D eigenvalue weighted by Crippen LogP contribution is 2.32. The molecule has 2 rings (SSSR count). The largest absolute Gasteiger partial charge is 0.496 e. The molecule has 0 aliphatic heterocycles. The zero-order valence-corrected chi connectivity index (χ0v) is 13.8. The van der Waals surface area contributed by atoms with Crippen molar-refractivity contribution in [2.24, 2.45) is 5.92 Å². The number of aryl methyl sites for hydroxylation is 1. The molecule has 2 unspecified atom stereocenters. The maximum Gasteiger partial charge on any atom is 0.128 e. The smallest absolute Gasteiger partial charge is 0.128 e. The zero-order chi connectivity index (χ0) is 13.8. The van der Waals surface area contributed by atoms with Gasteiger partial charge in [-0.1, -0.05) is 35.2 Å². The van der Waals surface area contributed by atoms with Crippen molar-refractivity contribution in [2.75, 3.05) is 7.11 Å². The van der Waals surface area contributed by atoms with Gasteiger partial charge in [0.1, 0.15) is 5.75 Å². The van der Waals surface area contributed by atoms with Crippen LogP contribution in [0.15, 0.2) is 6.20 Å². The summed E-state index contributed by atoms with van der Waals surface area (Å²) in [6.45, 7) is 4.19. The zero-order valence-electron chi connectivity index (χ0n) is 12.2. The normalized spacial score (nSPS) is 24.0. The van der Waals surface area contributed by atoms with Gasteiger partial charge in [0.15, 0.2) is 0 Å². The van der Waals surface area contributed by atoms with Crippen LogP contribution in [-0.4, -0.2) is 16.9 Å². The Morgan fingerprint density at radius 2 is 2.05 bits per heavy atom. The van der Waals surface area contributed by atoms with E-state index < -0.39 is 0 Å². The first kappa shape index (κ1) is 14.8. The highest BCUT2D eigenvalue weighted by Gasteiger charge is 2.20. The van der Waals surface area contributed by atoms with E-state index in [1.54, 1.807) is 7.11 Å². The van der Waals surface area contributed by atoms with Crippen LogP contribution in [0.1, 0.15) is 48.9 Å². The van der Waals surface area contributed by atoms with Gasteiger partial charge in [0.05, 0.1) is 7.11 Å². The second kappa shape index (κ2) is 6.74. The number of hydrogen-bond acceptors (Lipinski definition) is 2. The van der Waals surface area contributed by atoms with Crippen molar-refractivity contribution in [1.29, 1.82) is 0 Å². The predicted octanol–water partition coefficient (Wildman–Crippen LogP) is 4.59. The molecule has 1 saturated carbocycles. The molecule has 3 heteroatoms. The van der Waals surface area contributed by atoms with Gasteiger partial charge in [0, 0.05) is 27.8 Å². The molecule has 0 amide bonds. The van der Waals surface area contributed by atoms with E-state index in [2.05, 4.69) is 34.8 Å². The van der Waals surface area contributed by atoms with Crippen molar-refractivity contribution in [3.05, 3.63) is 23.0 Å². The fraction of sp³-hybridized carbons (Fsp3) is 0.688. The van der Waals surface area contributed by atoms with Crippen molar-refractivity contribution in [3.63, 3.8) is 0 Å². The van der Waals surface area contributed by atoms with Gasteiger partial charge >= 0.3 is 0 Å². The third-order valence-corrected chi connectivity index (χ3v) is 5.03. The topological polar surface area (TPSA) is 22.1 Å². The van der Waals surface area contributed by atoms with Crippen molar-refractivity contribution in [1.82, 2.24) is 4.98 Å². The Morgan fingerprint density at radius 3 is 2.79 bits per heavy atom. The third kappa shape index (κ3) is 3.71. The first-order chi connectivity index (χ1) is 9.11. The van der Waals surface area contributed by atoms with Crippen molar-refractivity contribution < 1.29 is 4.74 Å². The average molecular weight is 326 g/mol. The number of rotatable bonds is 3. The second-order valence-corrected chi connectivity index (χ2v) is 7.03. The molecule has 1 aromatic heterocycles. The van der Waals surface area contributed by atoms with Crippen molar-refractivity contribution in [2.45, 2.75) is 57.2 Å². The molecule has 2 atom stereocenters. The Morgan fingerprint density at radius 1 is 1.32 bits per heavy atom. The number of aromatic nitrogens is 1. The highest BCUT2D eigenvalue weighted by molar-refractivity contribution is 9.09. The summed E-state index contributed by atoms with van der Waals surface area (Å²) in [4.78, 5) is 5.33. The lowest BCUT2D eigenvalue weighted by Crippen LogP contribution is -2.11. The molecule has 0 aromatic carbocycles. The minimum absolute atomic E-state index is 0.688. The first-order valence-corrected chi connectivity index (χ1v) is 8.16. The van der Waals surface area contributed by atoms with Crippen LogP contribution in [0.4, 0.5) is 0 Å². The first-order valence-electron chi connectivity index (χ1n) is 7.25. The molecule has 2 nitrogen and oxygen atoms in total. The number of methoxy groups -OCH3 is 1. The van der Waals surface area contributed by atoms with Gasteiger partial charge in [-0.25, -0.2) is 0 Å². The van der Waals surface area contributed by atoms with Gasteiger partial charge < -0.3 is 4.74 Å². The van der Waals surface area contributed by atoms with Crippen LogP contribution in [0.2, 0.25) is 0 Å². The summed E-state index contributed by atoms with van der Waals surface area (Å²) in [5, 5.41) is 0. The monoisotopic (exact) mass is 325 g/mol. The number of nitrogens with zero attached hydrogens (tertiary/aromatic N) is 1. The number of halogens is 1. The lowest BCUT2D eigenvalue weighted by atomic mass is 9.93. The van der Waals surface area contributed by atoms with E-state index in [-0.39, 0.29) is 0 Å². The quantitative estimate of drug-likeness (QED) is 0.598. The van der Waals surface area contributed by atoms with Crippen molar-refractivity contribution in [3.8, 4) is 5.75 Å². The average Bonchev–Trinajstić information content (AvgIpc) is 2.58. The summed E-state index contributed by atoms with van der Waals surface area (Å²) < 4.78 is 5.50. The van der Waals surface area contributed by atoms with Crippen LogP contribution in [0.3, 0.4) is 0 Å². The molecule has 0 bridgehead atoms. The SMILES string of the molecule is COc1c(C)cnc(CC2CCCCC(Br)C2)c1C. The molecule has 19 heavy (non-hydrogen) atoms. The summed E-state index contributed by atoms with van der Waals surface area (Å²) in [6.07, 6.45) is 9.68. The van der Waals surface area contributed by atoms with Crippen LogP contribution < -0.4 is 4.74 Å². The third-order valence-electron chi connectivity index (χ3n) is 4.20. The lowest BCUT2D eigenvalue weighted by Gasteiger charge is -2.18. The highest BCUT2D eigenvalue weighted by atomic mass is 79.9. The Hall–Kier alpha value is -0.570. The van der Waals surface area contributed by atoms with Gasteiger partial charge in [0.2, 0.25) is 0 Å². The molecule has 0 saturated heterocycles. The van der Waals surface area contributed by atoms with Crippen molar-refractivity contribution >= 4 is 15.9 Å². The van der Waals surface area contributed by atoms with Crippen LogP contribution in [-0.2, 0) is 6.42 Å². The van der Waals surface area contributed by atoms with E-state index in [9.17, 15) is 0 Å². The van der Waals surface area contributed by atoms with Gasteiger partial charge in [-0.3, -0.25) is 4.98 Å².